The van der Waals surface area contributed by atoms with Crippen LogP contribution in [0.15, 0.2) is 11.6 Å². The van der Waals surface area contributed by atoms with Gasteiger partial charge in [0, 0.05) is 18.7 Å². The summed E-state index contributed by atoms with van der Waals surface area (Å²) in [6.45, 7) is -0.248. The summed E-state index contributed by atoms with van der Waals surface area (Å²) in [6, 6.07) is -1.68. The first-order valence-electron chi connectivity index (χ1n) is 6.29. The number of carbonyl (C=O) groups is 2. The van der Waals surface area contributed by atoms with E-state index in [9.17, 15) is 22.8 Å². The van der Waals surface area contributed by atoms with Gasteiger partial charge in [-0.25, -0.2) is 9.59 Å². The van der Waals surface area contributed by atoms with Crippen LogP contribution in [0.2, 0.25) is 0 Å². The Labute approximate surface area is 124 Å². The van der Waals surface area contributed by atoms with Crippen molar-refractivity contribution in [1.82, 2.24) is 10.2 Å². The summed E-state index contributed by atoms with van der Waals surface area (Å²) < 4.78 is 37.4. The molecule has 9 heteroatoms. The summed E-state index contributed by atoms with van der Waals surface area (Å²) in [4.78, 5) is 24.0. The zero-order valence-corrected chi connectivity index (χ0v) is 12.3. The van der Waals surface area contributed by atoms with Gasteiger partial charge in [-0.3, -0.25) is 0 Å². The fraction of sp³-hybridized carbons (Fsp3) is 0.667. The van der Waals surface area contributed by atoms with Crippen LogP contribution >= 0.6 is 11.8 Å². The number of aliphatic carboxylic acids is 1. The van der Waals surface area contributed by atoms with Gasteiger partial charge in [0.2, 0.25) is 0 Å². The fourth-order valence-corrected chi connectivity index (χ4v) is 2.32. The number of carboxylic acid groups (broad SMARTS) is 1. The molecule has 0 saturated carbocycles. The van der Waals surface area contributed by atoms with Crippen LogP contribution in [0.3, 0.4) is 0 Å². The zero-order chi connectivity index (χ0) is 16.0. The van der Waals surface area contributed by atoms with Gasteiger partial charge in [0.25, 0.3) is 0 Å². The number of amides is 2. The summed E-state index contributed by atoms with van der Waals surface area (Å²) in [6.07, 6.45) is -1.61. The number of urea groups is 1. The molecule has 1 rings (SSSR count). The fourth-order valence-electron chi connectivity index (χ4n) is 1.84. The van der Waals surface area contributed by atoms with Gasteiger partial charge in [-0.1, -0.05) is 6.08 Å². The van der Waals surface area contributed by atoms with E-state index in [4.69, 9.17) is 5.11 Å². The standard InChI is InChI=1S/C12H17F3N2O3S/c1-21-7-4-9(10(18)19)16-11(20)17-5-2-8(3-6-17)12(13,14)15/h2,9H,3-7H2,1H3,(H,16,20)(H,18,19)/t9-/m1/s1. The molecule has 0 aromatic carbocycles. The average molecular weight is 326 g/mol. The Balaban J connectivity index is 2.57. The van der Waals surface area contributed by atoms with Gasteiger partial charge in [-0.15, -0.1) is 0 Å². The monoisotopic (exact) mass is 326 g/mol. The maximum Gasteiger partial charge on any atom is 0.412 e. The first kappa shape index (κ1) is 17.7. The molecule has 0 aliphatic carbocycles. The van der Waals surface area contributed by atoms with E-state index in [1.165, 1.54) is 16.7 Å². The largest absolute Gasteiger partial charge is 0.480 e. The van der Waals surface area contributed by atoms with E-state index in [-0.39, 0.29) is 25.9 Å². The molecule has 1 aliphatic heterocycles. The Bertz CT molecular complexity index is 426. The van der Waals surface area contributed by atoms with E-state index >= 15 is 0 Å². The van der Waals surface area contributed by atoms with E-state index < -0.39 is 29.8 Å². The van der Waals surface area contributed by atoms with Gasteiger partial charge in [0.05, 0.1) is 0 Å². The van der Waals surface area contributed by atoms with E-state index in [2.05, 4.69) is 5.32 Å². The Kier molecular flexibility index (Phi) is 6.38. The van der Waals surface area contributed by atoms with Crippen molar-refractivity contribution in [2.75, 3.05) is 25.1 Å². The number of thioether (sulfide) groups is 1. The summed E-state index contributed by atoms with van der Waals surface area (Å²) in [5, 5.41) is 11.3. The number of carbonyl (C=O) groups excluding carboxylic acids is 1. The second-order valence-electron chi connectivity index (χ2n) is 4.54. The summed E-state index contributed by atoms with van der Waals surface area (Å²) in [5.41, 5.74) is -0.649. The maximum absolute atomic E-state index is 12.5. The molecule has 0 aromatic heterocycles. The second-order valence-corrected chi connectivity index (χ2v) is 5.53. The zero-order valence-electron chi connectivity index (χ0n) is 11.4. The van der Waals surface area contributed by atoms with Crippen molar-refractivity contribution in [3.05, 3.63) is 11.6 Å². The van der Waals surface area contributed by atoms with Crippen LogP contribution in [0.5, 0.6) is 0 Å². The number of halogens is 3. The first-order valence-corrected chi connectivity index (χ1v) is 7.68. The third kappa shape index (κ3) is 5.49. The van der Waals surface area contributed by atoms with Gasteiger partial charge in [0.1, 0.15) is 6.04 Å². The summed E-state index contributed by atoms with van der Waals surface area (Å²) in [5.74, 6) is -0.587. The van der Waals surface area contributed by atoms with Crippen molar-refractivity contribution in [1.29, 1.82) is 0 Å². The van der Waals surface area contributed by atoms with Gasteiger partial charge in [-0.05, 0) is 24.9 Å². The Hall–Kier alpha value is -1.38. The maximum atomic E-state index is 12.5. The molecule has 0 spiro atoms. The van der Waals surface area contributed by atoms with Crippen molar-refractivity contribution in [2.45, 2.75) is 25.1 Å². The van der Waals surface area contributed by atoms with Crippen molar-refractivity contribution < 1.29 is 27.9 Å². The van der Waals surface area contributed by atoms with Gasteiger partial charge in [-0.2, -0.15) is 24.9 Å². The highest BCUT2D eigenvalue weighted by Gasteiger charge is 2.35. The van der Waals surface area contributed by atoms with E-state index in [0.29, 0.717) is 5.75 Å². The predicted molar refractivity (Wildman–Crippen MR) is 73.3 cm³/mol. The van der Waals surface area contributed by atoms with Crippen LogP contribution in [-0.2, 0) is 4.79 Å². The number of rotatable bonds is 5. The average Bonchev–Trinajstić information content (AvgIpc) is 2.42. The summed E-state index contributed by atoms with van der Waals surface area (Å²) in [7, 11) is 0. The lowest BCUT2D eigenvalue weighted by atomic mass is 10.1. The Morgan fingerprint density at radius 3 is 2.62 bits per heavy atom. The third-order valence-corrected chi connectivity index (χ3v) is 3.71. The quantitative estimate of drug-likeness (QED) is 0.759. The van der Waals surface area contributed by atoms with Crippen LogP contribution in [0.25, 0.3) is 0 Å². The number of alkyl halides is 3. The lowest BCUT2D eigenvalue weighted by molar-refractivity contribution is -0.139. The molecule has 0 unspecified atom stereocenters. The SMILES string of the molecule is CSCC[C@@H](NC(=O)N1CC=C(C(F)(F)F)CC1)C(=O)O. The second kappa shape index (κ2) is 7.58. The van der Waals surface area contributed by atoms with Crippen LogP contribution in [0.4, 0.5) is 18.0 Å². The number of hydrogen-bond donors (Lipinski definition) is 2. The minimum Gasteiger partial charge on any atom is -0.480 e. The minimum atomic E-state index is -4.37. The van der Waals surface area contributed by atoms with E-state index in [1.54, 1.807) is 0 Å². The lowest BCUT2D eigenvalue weighted by Gasteiger charge is -2.28. The molecular weight excluding hydrogens is 309 g/mol. The first-order chi connectivity index (χ1) is 9.75. The van der Waals surface area contributed by atoms with Gasteiger partial charge < -0.3 is 15.3 Å². The van der Waals surface area contributed by atoms with Gasteiger partial charge >= 0.3 is 18.2 Å². The van der Waals surface area contributed by atoms with Crippen molar-refractivity contribution >= 4 is 23.8 Å². The molecule has 5 nitrogen and oxygen atoms in total. The van der Waals surface area contributed by atoms with Crippen molar-refractivity contribution in [3.63, 3.8) is 0 Å². The Morgan fingerprint density at radius 1 is 1.52 bits per heavy atom. The number of carboxylic acids is 1. The van der Waals surface area contributed by atoms with Crippen LogP contribution in [0.1, 0.15) is 12.8 Å². The number of nitrogens with one attached hydrogen (secondary N) is 1. The number of nitrogens with zero attached hydrogens (tertiary/aromatic N) is 1. The smallest absolute Gasteiger partial charge is 0.412 e. The molecular formula is C12H17F3N2O3S. The highest BCUT2D eigenvalue weighted by molar-refractivity contribution is 7.98. The summed E-state index contributed by atoms with van der Waals surface area (Å²) >= 11 is 1.45. The van der Waals surface area contributed by atoms with E-state index in [0.717, 1.165) is 6.08 Å². The molecule has 1 aliphatic rings. The van der Waals surface area contributed by atoms with Gasteiger partial charge in [0.15, 0.2) is 0 Å². The molecule has 0 bridgehead atoms. The molecule has 0 fully saturated rings. The molecule has 0 radical (unpaired) electrons. The predicted octanol–water partition coefficient (Wildman–Crippen LogP) is 2.10. The van der Waals surface area contributed by atoms with Crippen LogP contribution in [-0.4, -0.2) is 59.3 Å². The van der Waals surface area contributed by atoms with Crippen LogP contribution in [0, 0.1) is 0 Å². The molecule has 1 atom stereocenters. The van der Waals surface area contributed by atoms with Crippen LogP contribution < -0.4 is 5.32 Å². The normalized spacial score (nSPS) is 17.1. The highest BCUT2D eigenvalue weighted by atomic mass is 32.2. The number of hydrogen-bond acceptors (Lipinski definition) is 3. The molecule has 0 saturated heterocycles. The molecule has 21 heavy (non-hydrogen) atoms. The molecule has 120 valence electrons. The molecule has 1 heterocycles. The topological polar surface area (TPSA) is 69.6 Å². The molecule has 2 amide bonds. The van der Waals surface area contributed by atoms with E-state index in [1.807, 2.05) is 6.26 Å². The van der Waals surface area contributed by atoms with Crippen molar-refractivity contribution in [2.24, 2.45) is 0 Å². The van der Waals surface area contributed by atoms with Crippen molar-refractivity contribution in [3.8, 4) is 0 Å². The molecule has 0 aromatic rings. The third-order valence-electron chi connectivity index (χ3n) is 3.07. The minimum absolute atomic E-state index is 0.0773. The highest BCUT2D eigenvalue weighted by Crippen LogP contribution is 2.30. The lowest BCUT2D eigenvalue weighted by Crippen LogP contribution is -2.49. The Morgan fingerprint density at radius 2 is 2.19 bits per heavy atom. The molecule has 2 N–H and O–H groups in total.